The Morgan fingerprint density at radius 2 is 2.17 bits per heavy atom. The van der Waals surface area contributed by atoms with Crippen molar-refractivity contribution in [2.24, 2.45) is 0 Å². The lowest BCUT2D eigenvalue weighted by molar-refractivity contribution is 0.0479. The largest absolute Gasteiger partial charge is 0.393 e. The second-order valence-electron chi connectivity index (χ2n) is 5.26. The lowest BCUT2D eigenvalue weighted by atomic mass is 10.00. The van der Waals surface area contributed by atoms with Gasteiger partial charge in [-0.25, -0.2) is 4.39 Å². The van der Waals surface area contributed by atoms with Gasteiger partial charge in [0.2, 0.25) is 0 Å². The van der Waals surface area contributed by atoms with Crippen LogP contribution in [0.1, 0.15) is 31.7 Å². The van der Waals surface area contributed by atoms with Crippen LogP contribution in [0, 0.1) is 5.82 Å². The van der Waals surface area contributed by atoms with E-state index in [9.17, 15) is 9.50 Å². The summed E-state index contributed by atoms with van der Waals surface area (Å²) in [6.45, 7) is 4.10. The molecule has 100 valence electrons. The van der Waals surface area contributed by atoms with E-state index in [1.54, 1.807) is 6.07 Å². The van der Waals surface area contributed by atoms with Crippen LogP contribution in [0.3, 0.4) is 0 Å². The zero-order chi connectivity index (χ0) is 13.0. The third kappa shape index (κ3) is 3.53. The number of nitrogens with zero attached hydrogens (tertiary/aromatic N) is 1. The van der Waals surface area contributed by atoms with Crippen molar-refractivity contribution in [2.75, 3.05) is 13.1 Å². The summed E-state index contributed by atoms with van der Waals surface area (Å²) in [5.41, 5.74) is 0.808. The van der Waals surface area contributed by atoms with Gasteiger partial charge in [-0.15, -0.1) is 0 Å². The summed E-state index contributed by atoms with van der Waals surface area (Å²) in [7, 11) is 0. The smallest absolute Gasteiger partial charge is 0.126 e. The standard InChI is InChI=1S/C15H22FNO/c1-12-11-14(18)8-10-17(12)9-4-6-13-5-2-3-7-15(13)16/h2-3,5,7,12,14,18H,4,6,8-11H2,1H3. The molecule has 0 aromatic heterocycles. The lowest BCUT2D eigenvalue weighted by Gasteiger charge is -2.35. The topological polar surface area (TPSA) is 23.5 Å². The van der Waals surface area contributed by atoms with Crippen molar-refractivity contribution in [3.8, 4) is 0 Å². The first-order valence-electron chi connectivity index (χ1n) is 6.82. The van der Waals surface area contributed by atoms with Crippen molar-refractivity contribution in [2.45, 2.75) is 44.8 Å². The third-order valence-corrected chi connectivity index (χ3v) is 3.84. The summed E-state index contributed by atoms with van der Waals surface area (Å²) in [6, 6.07) is 7.44. The summed E-state index contributed by atoms with van der Waals surface area (Å²) in [5, 5.41) is 9.56. The summed E-state index contributed by atoms with van der Waals surface area (Å²) < 4.78 is 13.4. The van der Waals surface area contributed by atoms with Gasteiger partial charge in [-0.2, -0.15) is 0 Å². The molecule has 1 N–H and O–H groups in total. The number of likely N-dealkylation sites (tertiary alicyclic amines) is 1. The maximum absolute atomic E-state index is 13.4. The van der Waals surface area contributed by atoms with Crippen LogP contribution >= 0.6 is 0 Å². The zero-order valence-electron chi connectivity index (χ0n) is 11.0. The van der Waals surface area contributed by atoms with Crippen LogP contribution in [0.2, 0.25) is 0 Å². The van der Waals surface area contributed by atoms with Crippen LogP contribution < -0.4 is 0 Å². The molecule has 1 aliphatic rings. The second kappa shape index (κ2) is 6.30. The van der Waals surface area contributed by atoms with E-state index >= 15 is 0 Å². The fraction of sp³-hybridized carbons (Fsp3) is 0.600. The molecule has 0 saturated carbocycles. The van der Waals surface area contributed by atoms with Crippen LogP contribution in [-0.4, -0.2) is 35.2 Å². The SMILES string of the molecule is CC1CC(O)CCN1CCCc1ccccc1F. The minimum atomic E-state index is -0.136. The predicted molar refractivity (Wildman–Crippen MR) is 71.0 cm³/mol. The van der Waals surface area contributed by atoms with Crippen LogP contribution in [0.5, 0.6) is 0 Å². The van der Waals surface area contributed by atoms with Gasteiger partial charge in [0, 0.05) is 12.6 Å². The Bertz CT molecular complexity index is 383. The Morgan fingerprint density at radius 1 is 1.39 bits per heavy atom. The number of aryl methyl sites for hydroxylation is 1. The van der Waals surface area contributed by atoms with Gasteiger partial charge in [0.15, 0.2) is 0 Å². The second-order valence-corrected chi connectivity index (χ2v) is 5.26. The number of benzene rings is 1. The molecule has 2 atom stereocenters. The van der Waals surface area contributed by atoms with E-state index in [1.807, 2.05) is 12.1 Å². The number of piperidine rings is 1. The van der Waals surface area contributed by atoms with E-state index in [1.165, 1.54) is 6.07 Å². The van der Waals surface area contributed by atoms with Crippen molar-refractivity contribution < 1.29 is 9.50 Å². The Hall–Kier alpha value is -0.930. The predicted octanol–water partition coefficient (Wildman–Crippen LogP) is 2.60. The van der Waals surface area contributed by atoms with E-state index in [-0.39, 0.29) is 11.9 Å². The number of hydrogen-bond donors (Lipinski definition) is 1. The Morgan fingerprint density at radius 3 is 2.89 bits per heavy atom. The zero-order valence-corrected chi connectivity index (χ0v) is 11.0. The summed E-state index contributed by atoms with van der Waals surface area (Å²) in [5.74, 6) is -0.0976. The highest BCUT2D eigenvalue weighted by Gasteiger charge is 2.23. The van der Waals surface area contributed by atoms with Crippen molar-refractivity contribution in [3.63, 3.8) is 0 Å². The van der Waals surface area contributed by atoms with Gasteiger partial charge in [-0.05, 0) is 50.8 Å². The highest BCUT2D eigenvalue weighted by atomic mass is 19.1. The van der Waals surface area contributed by atoms with Crippen molar-refractivity contribution >= 4 is 0 Å². The molecular weight excluding hydrogens is 229 g/mol. The number of aliphatic hydroxyl groups excluding tert-OH is 1. The maximum Gasteiger partial charge on any atom is 0.126 e. The molecule has 2 unspecified atom stereocenters. The lowest BCUT2D eigenvalue weighted by Crippen LogP contribution is -2.43. The molecule has 1 aliphatic heterocycles. The van der Waals surface area contributed by atoms with Crippen molar-refractivity contribution in [1.29, 1.82) is 0 Å². The van der Waals surface area contributed by atoms with Crippen LogP contribution in [0.4, 0.5) is 4.39 Å². The first-order chi connectivity index (χ1) is 8.66. The minimum Gasteiger partial charge on any atom is -0.393 e. The fourth-order valence-corrected chi connectivity index (χ4v) is 2.70. The molecule has 2 rings (SSSR count). The van der Waals surface area contributed by atoms with Gasteiger partial charge in [0.25, 0.3) is 0 Å². The molecule has 1 fully saturated rings. The van der Waals surface area contributed by atoms with E-state index in [2.05, 4.69) is 11.8 Å². The van der Waals surface area contributed by atoms with Gasteiger partial charge in [-0.3, -0.25) is 0 Å². The van der Waals surface area contributed by atoms with Gasteiger partial charge in [0.05, 0.1) is 6.10 Å². The number of aliphatic hydroxyl groups is 1. The third-order valence-electron chi connectivity index (χ3n) is 3.84. The van der Waals surface area contributed by atoms with Crippen LogP contribution in [-0.2, 0) is 6.42 Å². The van der Waals surface area contributed by atoms with Gasteiger partial charge >= 0.3 is 0 Å². The van der Waals surface area contributed by atoms with E-state index in [0.717, 1.165) is 44.3 Å². The quantitative estimate of drug-likeness (QED) is 0.889. The molecule has 0 bridgehead atoms. The summed E-state index contributed by atoms with van der Waals surface area (Å²) >= 11 is 0. The number of hydrogen-bond acceptors (Lipinski definition) is 2. The molecule has 1 heterocycles. The maximum atomic E-state index is 13.4. The van der Waals surface area contributed by atoms with E-state index in [0.29, 0.717) is 6.04 Å². The molecule has 1 saturated heterocycles. The molecule has 1 aromatic rings. The van der Waals surface area contributed by atoms with Crippen LogP contribution in [0.25, 0.3) is 0 Å². The van der Waals surface area contributed by atoms with Crippen LogP contribution in [0.15, 0.2) is 24.3 Å². The van der Waals surface area contributed by atoms with Crippen molar-refractivity contribution in [1.82, 2.24) is 4.90 Å². The molecule has 2 nitrogen and oxygen atoms in total. The van der Waals surface area contributed by atoms with Gasteiger partial charge in [0.1, 0.15) is 5.82 Å². The highest BCUT2D eigenvalue weighted by molar-refractivity contribution is 5.17. The van der Waals surface area contributed by atoms with Crippen molar-refractivity contribution in [3.05, 3.63) is 35.6 Å². The first-order valence-corrected chi connectivity index (χ1v) is 6.82. The number of halogens is 1. The molecule has 0 amide bonds. The summed E-state index contributed by atoms with van der Waals surface area (Å²) in [6.07, 6.45) is 3.35. The van der Waals surface area contributed by atoms with E-state index < -0.39 is 0 Å². The molecule has 0 aliphatic carbocycles. The normalized spacial score (nSPS) is 25.3. The van der Waals surface area contributed by atoms with Gasteiger partial charge < -0.3 is 10.0 Å². The molecular formula is C15H22FNO. The monoisotopic (exact) mass is 251 g/mol. The average Bonchev–Trinajstić information content (AvgIpc) is 2.34. The van der Waals surface area contributed by atoms with E-state index in [4.69, 9.17) is 0 Å². The Labute approximate surface area is 108 Å². The van der Waals surface area contributed by atoms with Gasteiger partial charge in [-0.1, -0.05) is 18.2 Å². The minimum absolute atomic E-state index is 0.0976. The number of rotatable bonds is 4. The molecule has 1 aromatic carbocycles. The molecule has 0 radical (unpaired) electrons. The molecule has 0 spiro atoms. The Kier molecular flexibility index (Phi) is 4.72. The average molecular weight is 251 g/mol. The summed E-state index contributed by atoms with van der Waals surface area (Å²) in [4.78, 5) is 2.40. The highest BCUT2D eigenvalue weighted by Crippen LogP contribution is 2.18. The first kappa shape index (κ1) is 13.5. The molecule has 3 heteroatoms. The fourth-order valence-electron chi connectivity index (χ4n) is 2.70. The Balaban J connectivity index is 1.77. The molecule has 18 heavy (non-hydrogen) atoms.